The summed E-state index contributed by atoms with van der Waals surface area (Å²) in [5.41, 5.74) is 2.05. The molecule has 0 saturated carbocycles. The fourth-order valence-corrected chi connectivity index (χ4v) is 4.29. The molecule has 0 spiro atoms. The molecule has 1 aromatic carbocycles. The molecule has 8 nitrogen and oxygen atoms in total. The average Bonchev–Trinajstić information content (AvgIpc) is 3.37. The van der Waals surface area contributed by atoms with Gasteiger partial charge in [0.15, 0.2) is 0 Å². The number of aromatic nitrogens is 5. The molecule has 1 N–H and O–H groups in total. The van der Waals surface area contributed by atoms with E-state index in [1.165, 1.54) is 4.80 Å². The number of carbonyl (C=O) groups is 1. The topological polar surface area (TPSA) is 89.1 Å². The maximum Gasteiger partial charge on any atom is 0.256 e. The molecule has 8 heteroatoms. The molecule has 2 atom stereocenters. The summed E-state index contributed by atoms with van der Waals surface area (Å²) in [5.74, 6) is -0.0346. The first-order valence-corrected chi connectivity index (χ1v) is 10.3. The molecule has 2 aromatic heterocycles. The van der Waals surface area contributed by atoms with Gasteiger partial charge in [-0.25, -0.2) is 0 Å². The van der Waals surface area contributed by atoms with E-state index in [2.05, 4.69) is 22.2 Å². The Labute approximate surface area is 176 Å². The summed E-state index contributed by atoms with van der Waals surface area (Å²) in [4.78, 5) is 16.9. The SMILES string of the molecule is Cc1c(C(C)(C)O)cnn1[C@@H]1CC[C@@H](C)N(C(=O)c2ccccc2-n2nccn2)C1. The van der Waals surface area contributed by atoms with Crippen LogP contribution in [0.5, 0.6) is 0 Å². The Hall–Kier alpha value is -3.00. The predicted molar refractivity (Wildman–Crippen MR) is 112 cm³/mol. The van der Waals surface area contributed by atoms with E-state index in [0.29, 0.717) is 17.8 Å². The van der Waals surface area contributed by atoms with Crippen LogP contribution in [0.4, 0.5) is 0 Å². The standard InChI is InChI=1S/C22H28N6O2/c1-15-9-10-17(27-16(2)19(13-25-27)22(3,4)30)14-26(15)21(29)18-7-5-6-8-20(18)28-23-11-12-24-28/h5-8,11-13,15,17,30H,9-10,14H2,1-4H3/t15-,17-/m1/s1. The first-order chi connectivity index (χ1) is 14.3. The van der Waals surface area contributed by atoms with Gasteiger partial charge in [0.05, 0.1) is 41.5 Å². The number of rotatable bonds is 4. The van der Waals surface area contributed by atoms with Crippen LogP contribution in [-0.2, 0) is 5.60 Å². The number of carbonyl (C=O) groups excluding carboxylic acids is 1. The van der Waals surface area contributed by atoms with Crippen LogP contribution in [0.25, 0.3) is 5.69 Å². The molecular weight excluding hydrogens is 380 g/mol. The monoisotopic (exact) mass is 408 g/mol. The maximum atomic E-state index is 13.5. The van der Waals surface area contributed by atoms with Gasteiger partial charge in [0.1, 0.15) is 0 Å². The van der Waals surface area contributed by atoms with Gasteiger partial charge in [-0.1, -0.05) is 12.1 Å². The van der Waals surface area contributed by atoms with Gasteiger partial charge in [-0.3, -0.25) is 9.48 Å². The first kappa shape index (κ1) is 20.3. The molecule has 3 heterocycles. The van der Waals surface area contributed by atoms with Crippen molar-refractivity contribution in [2.45, 2.75) is 58.2 Å². The summed E-state index contributed by atoms with van der Waals surface area (Å²) < 4.78 is 1.96. The molecular formula is C22H28N6O2. The number of nitrogens with zero attached hydrogens (tertiary/aromatic N) is 6. The Kier molecular flexibility index (Phi) is 5.19. The van der Waals surface area contributed by atoms with E-state index < -0.39 is 5.60 Å². The molecule has 1 aliphatic rings. The number of amides is 1. The highest BCUT2D eigenvalue weighted by Gasteiger charge is 2.33. The predicted octanol–water partition coefficient (Wildman–Crippen LogP) is 2.87. The van der Waals surface area contributed by atoms with Gasteiger partial charge in [0, 0.05) is 23.8 Å². The van der Waals surface area contributed by atoms with Crippen LogP contribution in [-0.4, -0.2) is 53.3 Å². The number of benzene rings is 1. The van der Waals surface area contributed by atoms with E-state index >= 15 is 0 Å². The number of piperidine rings is 1. The van der Waals surface area contributed by atoms with Crippen LogP contribution >= 0.6 is 0 Å². The second kappa shape index (κ2) is 7.68. The van der Waals surface area contributed by atoms with Gasteiger partial charge in [-0.05, 0) is 52.7 Å². The van der Waals surface area contributed by atoms with Gasteiger partial charge in [0.2, 0.25) is 0 Å². The highest BCUT2D eigenvalue weighted by molar-refractivity contribution is 5.98. The minimum atomic E-state index is -0.949. The van der Waals surface area contributed by atoms with Gasteiger partial charge in [-0.2, -0.15) is 20.1 Å². The fourth-order valence-electron chi connectivity index (χ4n) is 4.29. The van der Waals surface area contributed by atoms with Crippen molar-refractivity contribution in [2.75, 3.05) is 6.54 Å². The maximum absolute atomic E-state index is 13.5. The minimum Gasteiger partial charge on any atom is -0.386 e. The molecule has 0 bridgehead atoms. The average molecular weight is 409 g/mol. The summed E-state index contributed by atoms with van der Waals surface area (Å²) in [6, 6.07) is 7.60. The van der Waals surface area contributed by atoms with Crippen LogP contribution in [0, 0.1) is 6.92 Å². The number of para-hydroxylation sites is 1. The molecule has 1 saturated heterocycles. The summed E-state index contributed by atoms with van der Waals surface area (Å²) in [7, 11) is 0. The quantitative estimate of drug-likeness (QED) is 0.717. The van der Waals surface area contributed by atoms with Crippen molar-refractivity contribution in [1.29, 1.82) is 0 Å². The summed E-state index contributed by atoms with van der Waals surface area (Å²) >= 11 is 0. The van der Waals surface area contributed by atoms with Crippen molar-refractivity contribution < 1.29 is 9.90 Å². The Balaban J connectivity index is 1.63. The van der Waals surface area contributed by atoms with Crippen molar-refractivity contribution in [1.82, 2.24) is 29.7 Å². The van der Waals surface area contributed by atoms with Crippen molar-refractivity contribution in [3.8, 4) is 5.69 Å². The number of aliphatic hydroxyl groups is 1. The van der Waals surface area contributed by atoms with Crippen LogP contribution in [0.15, 0.2) is 42.9 Å². The number of hydrogen-bond acceptors (Lipinski definition) is 5. The molecule has 0 unspecified atom stereocenters. The lowest BCUT2D eigenvalue weighted by Crippen LogP contribution is -2.46. The molecule has 1 amide bonds. The number of hydrogen-bond donors (Lipinski definition) is 1. The Morgan fingerprint density at radius 3 is 2.50 bits per heavy atom. The van der Waals surface area contributed by atoms with Crippen molar-refractivity contribution >= 4 is 5.91 Å². The number of likely N-dealkylation sites (tertiary alicyclic amines) is 1. The van der Waals surface area contributed by atoms with E-state index in [1.807, 2.05) is 40.8 Å². The van der Waals surface area contributed by atoms with Crippen LogP contribution in [0.3, 0.4) is 0 Å². The van der Waals surface area contributed by atoms with Crippen molar-refractivity contribution in [2.24, 2.45) is 0 Å². The highest BCUT2D eigenvalue weighted by Crippen LogP contribution is 2.31. The zero-order valence-electron chi connectivity index (χ0n) is 17.9. The van der Waals surface area contributed by atoms with Gasteiger partial charge < -0.3 is 10.0 Å². The summed E-state index contributed by atoms with van der Waals surface area (Å²) in [6.45, 7) is 8.15. The van der Waals surface area contributed by atoms with Crippen LogP contribution < -0.4 is 0 Å². The van der Waals surface area contributed by atoms with Gasteiger partial charge in [0.25, 0.3) is 5.91 Å². The van der Waals surface area contributed by atoms with E-state index in [1.54, 1.807) is 32.4 Å². The van der Waals surface area contributed by atoms with E-state index in [0.717, 1.165) is 24.1 Å². The first-order valence-electron chi connectivity index (χ1n) is 10.3. The van der Waals surface area contributed by atoms with Crippen LogP contribution in [0.2, 0.25) is 0 Å². The lowest BCUT2D eigenvalue weighted by Gasteiger charge is -2.38. The summed E-state index contributed by atoms with van der Waals surface area (Å²) in [5, 5.41) is 23.3. The summed E-state index contributed by atoms with van der Waals surface area (Å²) in [6.07, 6.45) is 6.75. The second-order valence-electron chi connectivity index (χ2n) is 8.52. The molecule has 1 aliphatic heterocycles. The molecule has 30 heavy (non-hydrogen) atoms. The molecule has 4 rings (SSSR count). The largest absolute Gasteiger partial charge is 0.386 e. The second-order valence-corrected chi connectivity index (χ2v) is 8.52. The van der Waals surface area contributed by atoms with Crippen LogP contribution in [0.1, 0.15) is 61.3 Å². The third-order valence-electron chi connectivity index (χ3n) is 5.94. The van der Waals surface area contributed by atoms with E-state index in [4.69, 9.17) is 0 Å². The Bertz CT molecular complexity index is 1030. The molecule has 3 aromatic rings. The van der Waals surface area contributed by atoms with E-state index in [9.17, 15) is 9.90 Å². The van der Waals surface area contributed by atoms with E-state index in [-0.39, 0.29) is 18.0 Å². The van der Waals surface area contributed by atoms with Crippen molar-refractivity contribution in [3.05, 3.63) is 59.7 Å². The minimum absolute atomic E-state index is 0.0346. The lowest BCUT2D eigenvalue weighted by atomic mass is 9.96. The fraction of sp³-hybridized carbons (Fsp3) is 0.455. The molecule has 0 aliphatic carbocycles. The molecule has 0 radical (unpaired) electrons. The third-order valence-corrected chi connectivity index (χ3v) is 5.94. The third kappa shape index (κ3) is 3.63. The molecule has 158 valence electrons. The van der Waals surface area contributed by atoms with Gasteiger partial charge in [-0.15, -0.1) is 0 Å². The molecule has 1 fully saturated rings. The normalized spacial score (nSPS) is 19.8. The Morgan fingerprint density at radius 1 is 1.13 bits per heavy atom. The zero-order valence-corrected chi connectivity index (χ0v) is 17.9. The van der Waals surface area contributed by atoms with Gasteiger partial charge >= 0.3 is 0 Å². The smallest absolute Gasteiger partial charge is 0.256 e. The highest BCUT2D eigenvalue weighted by atomic mass is 16.3. The van der Waals surface area contributed by atoms with Crippen molar-refractivity contribution in [3.63, 3.8) is 0 Å². The zero-order chi connectivity index (χ0) is 21.5. The lowest BCUT2D eigenvalue weighted by molar-refractivity contribution is 0.0553. The Morgan fingerprint density at radius 2 is 1.83 bits per heavy atom.